The summed E-state index contributed by atoms with van der Waals surface area (Å²) >= 11 is 0. The average Bonchev–Trinajstić information content (AvgIpc) is 2.63. The van der Waals surface area contributed by atoms with Gasteiger partial charge in [-0.1, -0.05) is 51.9 Å². The summed E-state index contributed by atoms with van der Waals surface area (Å²) in [7, 11) is 1.61. The summed E-state index contributed by atoms with van der Waals surface area (Å²) in [6, 6.07) is -0.262. The van der Waals surface area contributed by atoms with Crippen molar-refractivity contribution in [2.24, 2.45) is 0 Å². The van der Waals surface area contributed by atoms with Gasteiger partial charge >= 0.3 is 5.97 Å². The maximum absolute atomic E-state index is 11.1. The second-order valence-electron chi connectivity index (χ2n) is 8.44. The Morgan fingerprint density at radius 2 is 1.82 bits per heavy atom. The molecule has 0 aromatic heterocycles. The van der Waals surface area contributed by atoms with E-state index in [0.717, 1.165) is 19.3 Å². The number of hydrogen-bond acceptors (Lipinski definition) is 6. The van der Waals surface area contributed by atoms with Crippen LogP contribution in [-0.2, 0) is 19.0 Å². The third-order valence-corrected chi connectivity index (χ3v) is 5.10. The van der Waals surface area contributed by atoms with Crippen LogP contribution < -0.4 is 5.32 Å². The molecule has 0 aliphatic carbocycles. The molecule has 7 heteroatoms. The van der Waals surface area contributed by atoms with Crippen LogP contribution in [0.25, 0.3) is 0 Å². The van der Waals surface area contributed by atoms with Crippen LogP contribution in [0.3, 0.4) is 0 Å². The molecule has 0 saturated carbocycles. The maximum atomic E-state index is 11.1. The second kappa shape index (κ2) is 13.5. The molecule has 0 radical (unpaired) electrons. The summed E-state index contributed by atoms with van der Waals surface area (Å²) < 4.78 is 17.5. The Bertz CT molecular complexity index is 426. The Labute approximate surface area is 170 Å². The van der Waals surface area contributed by atoms with E-state index in [-0.39, 0.29) is 37.5 Å². The van der Waals surface area contributed by atoms with Crippen molar-refractivity contribution >= 4 is 5.97 Å². The molecular weight excluding hydrogens is 362 g/mol. The Kier molecular flexibility index (Phi) is 12.2. The van der Waals surface area contributed by atoms with Gasteiger partial charge in [-0.05, 0) is 20.3 Å². The van der Waals surface area contributed by atoms with Crippen molar-refractivity contribution in [2.45, 2.75) is 102 Å². The van der Waals surface area contributed by atoms with Crippen molar-refractivity contribution in [3.63, 3.8) is 0 Å². The minimum atomic E-state index is -0.948. The van der Waals surface area contributed by atoms with Crippen molar-refractivity contribution in [3.05, 3.63) is 0 Å². The quantitative estimate of drug-likeness (QED) is 0.362. The van der Waals surface area contributed by atoms with Gasteiger partial charge in [-0.25, -0.2) is 0 Å². The second-order valence-corrected chi connectivity index (χ2v) is 8.44. The molecule has 0 bridgehead atoms. The number of aliphatic carboxylic acids is 1. The zero-order valence-corrected chi connectivity index (χ0v) is 18.1. The maximum Gasteiger partial charge on any atom is 0.317 e. The zero-order chi connectivity index (χ0) is 21.0. The standard InChI is InChI=1S/C21H41NO6/c1-5-6-7-8-9-10-11-12-16-19(22-13-18(23)24)20(26-4)17(14-27-16)28-15-21(2,3)25/h16-17,19-20,22,25H,5-15H2,1-4H3,(H,23,24)/t16-,17+,19+,20+/m0/s1. The van der Waals surface area contributed by atoms with Gasteiger partial charge in [0.05, 0.1) is 37.5 Å². The van der Waals surface area contributed by atoms with Gasteiger partial charge in [-0.3, -0.25) is 10.1 Å². The van der Waals surface area contributed by atoms with E-state index < -0.39 is 11.6 Å². The molecule has 1 rings (SSSR count). The lowest BCUT2D eigenvalue weighted by atomic mass is 9.92. The largest absolute Gasteiger partial charge is 0.480 e. The van der Waals surface area contributed by atoms with Crippen molar-refractivity contribution in [2.75, 3.05) is 26.9 Å². The predicted octanol–water partition coefficient (Wildman–Crippen LogP) is 2.74. The Morgan fingerprint density at radius 3 is 2.39 bits per heavy atom. The lowest BCUT2D eigenvalue weighted by Crippen LogP contribution is -2.61. The lowest BCUT2D eigenvalue weighted by molar-refractivity contribution is -0.186. The molecule has 1 heterocycles. The number of hydrogen-bond donors (Lipinski definition) is 3. The fourth-order valence-corrected chi connectivity index (χ4v) is 3.63. The third-order valence-electron chi connectivity index (χ3n) is 5.10. The summed E-state index contributed by atoms with van der Waals surface area (Å²) in [5.41, 5.74) is -0.948. The summed E-state index contributed by atoms with van der Waals surface area (Å²) in [5.74, 6) is -0.913. The highest BCUT2D eigenvalue weighted by molar-refractivity contribution is 5.69. The lowest BCUT2D eigenvalue weighted by Gasteiger charge is -2.43. The van der Waals surface area contributed by atoms with Gasteiger partial charge in [0, 0.05) is 7.11 Å². The molecule has 28 heavy (non-hydrogen) atoms. The number of carboxylic acid groups (broad SMARTS) is 1. The van der Waals surface area contributed by atoms with Crippen LogP contribution in [0.5, 0.6) is 0 Å². The van der Waals surface area contributed by atoms with Crippen molar-refractivity contribution in [1.82, 2.24) is 5.32 Å². The van der Waals surface area contributed by atoms with Crippen LogP contribution >= 0.6 is 0 Å². The number of ether oxygens (including phenoxy) is 3. The molecule has 1 saturated heterocycles. The predicted molar refractivity (Wildman–Crippen MR) is 109 cm³/mol. The molecule has 1 aliphatic rings. The molecule has 0 aromatic carbocycles. The van der Waals surface area contributed by atoms with E-state index in [9.17, 15) is 9.90 Å². The Balaban J connectivity index is 2.58. The molecule has 7 nitrogen and oxygen atoms in total. The number of unbranched alkanes of at least 4 members (excludes halogenated alkanes) is 6. The molecule has 0 spiro atoms. The third kappa shape index (κ3) is 10.2. The smallest absolute Gasteiger partial charge is 0.317 e. The minimum absolute atomic E-state index is 0.109. The number of nitrogens with one attached hydrogen (secondary N) is 1. The van der Waals surface area contributed by atoms with E-state index in [4.69, 9.17) is 19.3 Å². The fraction of sp³-hybridized carbons (Fsp3) is 0.952. The summed E-state index contributed by atoms with van der Waals surface area (Å²) in [4.78, 5) is 11.1. The molecular formula is C21H41NO6. The molecule has 3 N–H and O–H groups in total. The number of aliphatic hydroxyl groups is 1. The molecule has 0 unspecified atom stereocenters. The van der Waals surface area contributed by atoms with Crippen molar-refractivity contribution < 1.29 is 29.2 Å². The molecule has 0 aromatic rings. The first-order chi connectivity index (χ1) is 13.3. The fourth-order valence-electron chi connectivity index (χ4n) is 3.63. The van der Waals surface area contributed by atoms with Crippen LogP contribution in [0.1, 0.15) is 72.1 Å². The van der Waals surface area contributed by atoms with Gasteiger partial charge in [0.25, 0.3) is 0 Å². The zero-order valence-electron chi connectivity index (χ0n) is 18.1. The van der Waals surface area contributed by atoms with Gasteiger partial charge in [0.15, 0.2) is 0 Å². The number of carboxylic acids is 1. The van der Waals surface area contributed by atoms with Crippen LogP contribution in [0.2, 0.25) is 0 Å². The van der Waals surface area contributed by atoms with Gasteiger partial charge in [-0.2, -0.15) is 0 Å². The Hall–Kier alpha value is -0.730. The summed E-state index contributed by atoms with van der Waals surface area (Å²) in [6.45, 7) is 5.97. The molecule has 1 aliphatic heterocycles. The van der Waals surface area contributed by atoms with E-state index >= 15 is 0 Å². The highest BCUT2D eigenvalue weighted by atomic mass is 16.6. The van der Waals surface area contributed by atoms with Crippen LogP contribution in [-0.4, -0.2) is 73.0 Å². The number of rotatable bonds is 15. The summed E-state index contributed by atoms with van der Waals surface area (Å²) in [5, 5.41) is 22.1. The van der Waals surface area contributed by atoms with E-state index in [1.807, 2.05) is 0 Å². The van der Waals surface area contributed by atoms with Gasteiger partial charge < -0.3 is 24.4 Å². The van der Waals surface area contributed by atoms with Crippen molar-refractivity contribution in [1.29, 1.82) is 0 Å². The van der Waals surface area contributed by atoms with E-state index in [2.05, 4.69) is 12.2 Å². The number of carbonyl (C=O) groups is 1. The van der Waals surface area contributed by atoms with E-state index in [1.54, 1.807) is 21.0 Å². The highest BCUT2D eigenvalue weighted by Gasteiger charge is 2.41. The first kappa shape index (κ1) is 25.3. The first-order valence-electron chi connectivity index (χ1n) is 10.7. The molecule has 1 fully saturated rings. The SMILES string of the molecule is CCCCCCCCC[C@@H]1OC[C@@H](OCC(C)(C)O)[C@@H](OC)[C@@H]1NCC(=O)O. The van der Waals surface area contributed by atoms with Crippen LogP contribution in [0.15, 0.2) is 0 Å². The summed E-state index contributed by atoms with van der Waals surface area (Å²) in [6.07, 6.45) is 8.63. The number of methoxy groups -OCH3 is 1. The van der Waals surface area contributed by atoms with Crippen LogP contribution in [0, 0.1) is 0 Å². The molecule has 166 valence electrons. The molecule has 0 amide bonds. The van der Waals surface area contributed by atoms with E-state index in [0.29, 0.717) is 6.61 Å². The van der Waals surface area contributed by atoms with Gasteiger partial charge in [0.2, 0.25) is 0 Å². The van der Waals surface area contributed by atoms with Crippen LogP contribution in [0.4, 0.5) is 0 Å². The first-order valence-corrected chi connectivity index (χ1v) is 10.7. The normalized spacial score (nSPS) is 25.8. The average molecular weight is 404 g/mol. The topological polar surface area (TPSA) is 97.3 Å². The van der Waals surface area contributed by atoms with Crippen molar-refractivity contribution in [3.8, 4) is 0 Å². The Morgan fingerprint density at radius 1 is 1.18 bits per heavy atom. The highest BCUT2D eigenvalue weighted by Crippen LogP contribution is 2.25. The van der Waals surface area contributed by atoms with E-state index in [1.165, 1.54) is 32.1 Å². The molecule has 4 atom stereocenters. The monoisotopic (exact) mass is 403 g/mol. The van der Waals surface area contributed by atoms with Gasteiger partial charge in [-0.15, -0.1) is 0 Å². The van der Waals surface area contributed by atoms with Gasteiger partial charge in [0.1, 0.15) is 12.2 Å². The minimum Gasteiger partial charge on any atom is -0.480 e.